The zero-order valence-electron chi connectivity index (χ0n) is 14.0. The molecule has 4 aliphatic carbocycles. The number of hydrogen-bond donors (Lipinski definition) is 0. The maximum absolute atomic E-state index is 2.59. The van der Waals surface area contributed by atoms with Gasteiger partial charge in [0, 0.05) is 0 Å². The van der Waals surface area contributed by atoms with Crippen LogP contribution in [0.5, 0.6) is 0 Å². The Labute approximate surface area is 126 Å². The first-order valence-electron chi connectivity index (χ1n) is 9.58. The van der Waals surface area contributed by atoms with Crippen LogP contribution in [0.4, 0.5) is 0 Å². The molecule has 0 heterocycles. The summed E-state index contributed by atoms with van der Waals surface area (Å²) in [5.74, 6) is 10.7. The lowest BCUT2D eigenvalue weighted by Gasteiger charge is -2.62. The first kappa shape index (κ1) is 13.6. The van der Waals surface area contributed by atoms with E-state index in [1.54, 1.807) is 38.5 Å². The second-order valence-corrected chi connectivity index (χ2v) is 9.30. The molecule has 0 aromatic rings. The summed E-state index contributed by atoms with van der Waals surface area (Å²) in [6.45, 7) is 10.3. The van der Waals surface area contributed by atoms with Crippen LogP contribution in [0.15, 0.2) is 0 Å². The molecular weight excluding hydrogens is 240 g/mol. The summed E-state index contributed by atoms with van der Waals surface area (Å²) in [6.07, 6.45) is 9.40. The third kappa shape index (κ3) is 1.78. The first-order chi connectivity index (χ1) is 9.58. The zero-order chi connectivity index (χ0) is 14.0. The van der Waals surface area contributed by atoms with Gasteiger partial charge in [-0.1, -0.05) is 27.7 Å². The minimum absolute atomic E-state index is 0.995. The summed E-state index contributed by atoms with van der Waals surface area (Å²) >= 11 is 0. The van der Waals surface area contributed by atoms with Crippen LogP contribution in [0.1, 0.15) is 66.2 Å². The lowest BCUT2D eigenvalue weighted by atomic mass is 9.43. The van der Waals surface area contributed by atoms with Gasteiger partial charge in [0.25, 0.3) is 0 Å². The first-order valence-corrected chi connectivity index (χ1v) is 9.58. The summed E-state index contributed by atoms with van der Waals surface area (Å²) < 4.78 is 0. The van der Waals surface area contributed by atoms with E-state index in [4.69, 9.17) is 0 Å². The molecule has 0 aliphatic heterocycles. The summed E-state index contributed by atoms with van der Waals surface area (Å²) in [5, 5.41) is 0. The van der Waals surface area contributed by atoms with E-state index in [0.29, 0.717) is 0 Å². The van der Waals surface area contributed by atoms with E-state index in [9.17, 15) is 0 Å². The van der Waals surface area contributed by atoms with Crippen molar-refractivity contribution in [1.82, 2.24) is 0 Å². The van der Waals surface area contributed by atoms with Gasteiger partial charge in [-0.05, 0) is 97.7 Å². The Morgan fingerprint density at radius 2 is 0.950 bits per heavy atom. The summed E-state index contributed by atoms with van der Waals surface area (Å²) in [7, 11) is 0. The van der Waals surface area contributed by atoms with Crippen LogP contribution in [0.25, 0.3) is 0 Å². The minimum Gasteiger partial charge on any atom is -0.0622 e. The van der Waals surface area contributed by atoms with Gasteiger partial charge >= 0.3 is 0 Å². The Morgan fingerprint density at radius 1 is 0.550 bits per heavy atom. The fourth-order valence-corrected chi connectivity index (χ4v) is 7.49. The second-order valence-electron chi connectivity index (χ2n) is 9.30. The highest BCUT2D eigenvalue weighted by Crippen LogP contribution is 2.63. The molecule has 114 valence electrons. The molecule has 10 unspecified atom stereocenters. The van der Waals surface area contributed by atoms with Crippen molar-refractivity contribution in [3.05, 3.63) is 0 Å². The molecule has 0 spiro atoms. The molecule has 0 saturated heterocycles. The van der Waals surface area contributed by atoms with Gasteiger partial charge in [0.1, 0.15) is 0 Å². The fraction of sp³-hybridized carbons (Fsp3) is 1.00. The topological polar surface area (TPSA) is 0 Å². The van der Waals surface area contributed by atoms with Crippen LogP contribution in [-0.4, -0.2) is 0 Å². The van der Waals surface area contributed by atoms with E-state index >= 15 is 0 Å². The molecule has 0 heteroatoms. The van der Waals surface area contributed by atoms with E-state index in [-0.39, 0.29) is 0 Å². The van der Waals surface area contributed by atoms with Crippen LogP contribution in [0.3, 0.4) is 0 Å². The van der Waals surface area contributed by atoms with E-state index in [1.165, 1.54) is 0 Å². The van der Waals surface area contributed by atoms with Gasteiger partial charge in [0.05, 0.1) is 0 Å². The lowest BCUT2D eigenvalue weighted by Crippen LogP contribution is -2.55. The molecule has 0 aromatic heterocycles. The van der Waals surface area contributed by atoms with Crippen molar-refractivity contribution in [1.29, 1.82) is 0 Å². The van der Waals surface area contributed by atoms with Gasteiger partial charge in [-0.25, -0.2) is 0 Å². The summed E-state index contributed by atoms with van der Waals surface area (Å²) in [4.78, 5) is 0. The standard InChI is InChI=1S/C20H34/c1-11-9-15-5-6-16-10-12(2)14(4)18-8-7-17(13(11)3)19(15)20(16)18/h11-20H,5-10H2,1-4H3. The van der Waals surface area contributed by atoms with E-state index in [2.05, 4.69) is 27.7 Å². The van der Waals surface area contributed by atoms with Gasteiger partial charge in [-0.3, -0.25) is 0 Å². The maximum atomic E-state index is 2.59. The molecule has 0 nitrogen and oxygen atoms in total. The minimum atomic E-state index is 0.995. The van der Waals surface area contributed by atoms with Crippen LogP contribution < -0.4 is 0 Å². The van der Waals surface area contributed by atoms with E-state index in [1.807, 2.05) is 0 Å². The molecule has 0 bridgehead atoms. The van der Waals surface area contributed by atoms with E-state index in [0.717, 1.165) is 59.2 Å². The van der Waals surface area contributed by atoms with Gasteiger partial charge in [0.2, 0.25) is 0 Å². The van der Waals surface area contributed by atoms with Crippen molar-refractivity contribution < 1.29 is 0 Å². The Kier molecular flexibility index (Phi) is 3.24. The summed E-state index contributed by atoms with van der Waals surface area (Å²) in [5.41, 5.74) is 0. The van der Waals surface area contributed by atoms with Crippen LogP contribution in [0.2, 0.25) is 0 Å². The van der Waals surface area contributed by atoms with Gasteiger partial charge in [-0.15, -0.1) is 0 Å². The third-order valence-corrected chi connectivity index (χ3v) is 8.76. The quantitative estimate of drug-likeness (QED) is 0.537. The highest BCUT2D eigenvalue weighted by atomic mass is 14.6. The zero-order valence-corrected chi connectivity index (χ0v) is 14.0. The second kappa shape index (κ2) is 4.75. The van der Waals surface area contributed by atoms with Crippen LogP contribution in [0, 0.1) is 59.2 Å². The molecule has 10 atom stereocenters. The van der Waals surface area contributed by atoms with Gasteiger partial charge in [-0.2, -0.15) is 0 Å². The van der Waals surface area contributed by atoms with Crippen molar-refractivity contribution >= 4 is 0 Å². The molecular formula is C20H34. The molecule has 4 fully saturated rings. The highest BCUT2D eigenvalue weighted by molar-refractivity contribution is 5.04. The largest absolute Gasteiger partial charge is 0.0622 e. The smallest absolute Gasteiger partial charge is 0.0321 e. The van der Waals surface area contributed by atoms with Gasteiger partial charge < -0.3 is 0 Å². The Morgan fingerprint density at radius 3 is 1.35 bits per heavy atom. The Bertz CT molecular complexity index is 336. The van der Waals surface area contributed by atoms with Crippen molar-refractivity contribution in [3.8, 4) is 0 Å². The number of rotatable bonds is 0. The molecule has 4 aliphatic rings. The Hall–Kier alpha value is 0. The fourth-order valence-electron chi connectivity index (χ4n) is 7.49. The molecule has 0 N–H and O–H groups in total. The van der Waals surface area contributed by atoms with Crippen molar-refractivity contribution in [2.75, 3.05) is 0 Å². The third-order valence-electron chi connectivity index (χ3n) is 8.76. The highest BCUT2D eigenvalue weighted by Gasteiger charge is 2.56. The predicted molar refractivity (Wildman–Crippen MR) is 85.3 cm³/mol. The van der Waals surface area contributed by atoms with Crippen molar-refractivity contribution in [3.63, 3.8) is 0 Å². The number of hydrogen-bond acceptors (Lipinski definition) is 0. The molecule has 0 aromatic carbocycles. The average molecular weight is 274 g/mol. The van der Waals surface area contributed by atoms with Gasteiger partial charge in [0.15, 0.2) is 0 Å². The van der Waals surface area contributed by atoms with Crippen molar-refractivity contribution in [2.45, 2.75) is 66.2 Å². The molecule has 0 radical (unpaired) electrons. The van der Waals surface area contributed by atoms with Crippen LogP contribution in [-0.2, 0) is 0 Å². The monoisotopic (exact) mass is 274 g/mol. The predicted octanol–water partition coefficient (Wildman–Crippen LogP) is 5.62. The average Bonchev–Trinajstić information content (AvgIpc) is 2.44. The van der Waals surface area contributed by atoms with Crippen molar-refractivity contribution in [2.24, 2.45) is 59.2 Å². The molecule has 0 amide bonds. The normalized spacial score (nSPS) is 61.8. The molecule has 4 rings (SSSR count). The summed E-state index contributed by atoms with van der Waals surface area (Å²) in [6, 6.07) is 0. The maximum Gasteiger partial charge on any atom is -0.0321 e. The SMILES string of the molecule is CC1CC2CCC3CC(C)C(C)C4CCC(C1C)C2C34. The molecule has 20 heavy (non-hydrogen) atoms. The Balaban J connectivity index is 1.68. The van der Waals surface area contributed by atoms with E-state index < -0.39 is 0 Å². The van der Waals surface area contributed by atoms with Crippen LogP contribution >= 0.6 is 0 Å². The lowest BCUT2D eigenvalue weighted by molar-refractivity contribution is -0.132. The molecule has 4 saturated carbocycles.